The van der Waals surface area contributed by atoms with Crippen LogP contribution < -0.4 is 0 Å². The van der Waals surface area contributed by atoms with E-state index in [9.17, 15) is 13.2 Å². The Balaban J connectivity index is 2.29. The van der Waals surface area contributed by atoms with Gasteiger partial charge in [0.1, 0.15) is 0 Å². The number of carbonyl (C=O) groups excluding carboxylic acids is 1. The fraction of sp³-hybridized carbons (Fsp3) is 0.562. The summed E-state index contributed by atoms with van der Waals surface area (Å²) in [6.07, 6.45) is 0.771. The zero-order chi connectivity index (χ0) is 16.5. The van der Waals surface area contributed by atoms with Crippen molar-refractivity contribution < 1.29 is 13.2 Å². The Kier molecular flexibility index (Phi) is 4.63. The van der Waals surface area contributed by atoms with Crippen LogP contribution in [0.15, 0.2) is 23.1 Å². The van der Waals surface area contributed by atoms with Crippen LogP contribution in [0, 0.1) is 6.92 Å². The van der Waals surface area contributed by atoms with Crippen LogP contribution in [-0.4, -0.2) is 50.2 Å². The van der Waals surface area contributed by atoms with Crippen LogP contribution >= 0.6 is 0 Å². The van der Waals surface area contributed by atoms with Crippen LogP contribution in [-0.2, 0) is 20.2 Å². The van der Waals surface area contributed by atoms with Crippen molar-refractivity contribution in [1.82, 2.24) is 9.21 Å². The molecule has 1 aromatic rings. The maximum absolute atomic E-state index is 12.8. The van der Waals surface area contributed by atoms with E-state index < -0.39 is 10.0 Å². The largest absolute Gasteiger partial charge is 0.343 e. The van der Waals surface area contributed by atoms with E-state index in [0.29, 0.717) is 31.1 Å². The summed E-state index contributed by atoms with van der Waals surface area (Å²) in [5.74, 6) is 0. The molecule has 2 rings (SSSR count). The van der Waals surface area contributed by atoms with Gasteiger partial charge in [0.2, 0.25) is 16.4 Å². The van der Waals surface area contributed by atoms with Crippen LogP contribution in [0.3, 0.4) is 0 Å². The first-order chi connectivity index (χ1) is 10.2. The average molecular weight is 324 g/mol. The van der Waals surface area contributed by atoms with Crippen molar-refractivity contribution in [2.24, 2.45) is 0 Å². The maximum atomic E-state index is 12.8. The molecule has 6 heteroatoms. The highest BCUT2D eigenvalue weighted by atomic mass is 32.2. The van der Waals surface area contributed by atoms with Crippen molar-refractivity contribution in [3.8, 4) is 0 Å². The third-order valence-electron chi connectivity index (χ3n) is 4.08. The van der Waals surface area contributed by atoms with E-state index in [1.807, 2.05) is 19.1 Å². The zero-order valence-corrected chi connectivity index (χ0v) is 14.5. The minimum atomic E-state index is -3.50. The summed E-state index contributed by atoms with van der Waals surface area (Å²) in [6.45, 7) is 9.74. The number of benzene rings is 1. The quantitative estimate of drug-likeness (QED) is 0.796. The number of piperazine rings is 1. The van der Waals surface area contributed by atoms with Crippen molar-refractivity contribution in [2.45, 2.75) is 38.0 Å². The van der Waals surface area contributed by atoms with Gasteiger partial charge in [0.25, 0.3) is 0 Å². The third kappa shape index (κ3) is 3.33. The summed E-state index contributed by atoms with van der Waals surface area (Å²) in [5.41, 5.74) is 1.88. The normalized spacial score (nSPS) is 17.5. The summed E-state index contributed by atoms with van der Waals surface area (Å²) < 4.78 is 27.0. The molecule has 1 aromatic carbocycles. The molecule has 1 saturated heterocycles. The predicted molar refractivity (Wildman–Crippen MR) is 86.3 cm³/mol. The monoisotopic (exact) mass is 324 g/mol. The number of nitrogens with zero attached hydrogens (tertiary/aromatic N) is 2. The zero-order valence-electron chi connectivity index (χ0n) is 13.7. The molecule has 1 heterocycles. The molecular formula is C16H24N2O3S. The van der Waals surface area contributed by atoms with E-state index >= 15 is 0 Å². The molecule has 5 nitrogen and oxygen atoms in total. The predicted octanol–water partition coefficient (Wildman–Crippen LogP) is 1.76. The van der Waals surface area contributed by atoms with Crippen LogP contribution in [0.2, 0.25) is 0 Å². The minimum absolute atomic E-state index is 0.0113. The van der Waals surface area contributed by atoms with Gasteiger partial charge in [-0.1, -0.05) is 32.9 Å². The first-order valence-electron chi connectivity index (χ1n) is 7.47. The van der Waals surface area contributed by atoms with E-state index in [-0.39, 0.29) is 5.41 Å². The van der Waals surface area contributed by atoms with E-state index in [4.69, 9.17) is 0 Å². The average Bonchev–Trinajstić information content (AvgIpc) is 2.46. The highest BCUT2D eigenvalue weighted by molar-refractivity contribution is 7.89. The fourth-order valence-corrected chi connectivity index (χ4v) is 4.22. The van der Waals surface area contributed by atoms with Crippen molar-refractivity contribution >= 4 is 16.4 Å². The second-order valence-corrected chi connectivity index (χ2v) is 8.68. The summed E-state index contributed by atoms with van der Waals surface area (Å²) in [7, 11) is -3.50. The third-order valence-corrected chi connectivity index (χ3v) is 6.14. The van der Waals surface area contributed by atoms with Gasteiger partial charge >= 0.3 is 0 Å². The van der Waals surface area contributed by atoms with Crippen LogP contribution in [0.5, 0.6) is 0 Å². The summed E-state index contributed by atoms with van der Waals surface area (Å²) >= 11 is 0. The second kappa shape index (κ2) is 6.01. The number of amides is 1. The SMILES string of the molecule is Cc1cc(C(C)(C)C)ccc1S(=O)(=O)N1CCN(C=O)CC1. The lowest BCUT2D eigenvalue weighted by Crippen LogP contribution is -2.48. The molecule has 0 radical (unpaired) electrons. The van der Waals surface area contributed by atoms with Crippen LogP contribution in [0.4, 0.5) is 0 Å². The number of hydrogen-bond donors (Lipinski definition) is 0. The Morgan fingerprint density at radius 2 is 1.68 bits per heavy atom. The molecule has 1 fully saturated rings. The second-order valence-electron chi connectivity index (χ2n) is 6.78. The highest BCUT2D eigenvalue weighted by Crippen LogP contribution is 2.27. The van der Waals surface area contributed by atoms with E-state index in [1.54, 1.807) is 11.0 Å². The van der Waals surface area contributed by atoms with E-state index in [0.717, 1.165) is 17.5 Å². The van der Waals surface area contributed by atoms with Gasteiger partial charge in [0, 0.05) is 26.2 Å². The number of hydrogen-bond acceptors (Lipinski definition) is 3. The summed E-state index contributed by atoms with van der Waals surface area (Å²) in [5, 5.41) is 0. The molecule has 0 saturated carbocycles. The van der Waals surface area contributed by atoms with Gasteiger partial charge < -0.3 is 4.90 Å². The highest BCUT2D eigenvalue weighted by Gasteiger charge is 2.29. The molecule has 0 N–H and O–H groups in total. The lowest BCUT2D eigenvalue weighted by atomic mass is 9.86. The van der Waals surface area contributed by atoms with Crippen molar-refractivity contribution in [1.29, 1.82) is 0 Å². The Labute approximate surface area is 133 Å². The van der Waals surface area contributed by atoms with Gasteiger partial charge in [0.15, 0.2) is 0 Å². The minimum Gasteiger partial charge on any atom is -0.343 e. The Morgan fingerprint density at radius 3 is 2.14 bits per heavy atom. The standard InChI is InChI=1S/C16H24N2O3S/c1-13-11-14(16(2,3)4)5-6-15(13)22(20,21)18-9-7-17(12-19)8-10-18/h5-6,11-12H,7-10H2,1-4H3. The van der Waals surface area contributed by atoms with Gasteiger partial charge in [-0.3, -0.25) is 4.79 Å². The molecule has 0 spiro atoms. The van der Waals surface area contributed by atoms with Crippen molar-refractivity contribution in [2.75, 3.05) is 26.2 Å². The van der Waals surface area contributed by atoms with Gasteiger partial charge in [-0.05, 0) is 29.5 Å². The molecular weight excluding hydrogens is 300 g/mol. The molecule has 22 heavy (non-hydrogen) atoms. The first-order valence-corrected chi connectivity index (χ1v) is 8.91. The molecule has 0 aromatic heterocycles. The van der Waals surface area contributed by atoms with Gasteiger partial charge in [-0.15, -0.1) is 0 Å². The Hall–Kier alpha value is -1.40. The van der Waals surface area contributed by atoms with Gasteiger partial charge in [0.05, 0.1) is 4.90 Å². The Morgan fingerprint density at radius 1 is 1.09 bits per heavy atom. The summed E-state index contributed by atoms with van der Waals surface area (Å²) in [6, 6.07) is 5.55. The lowest BCUT2D eigenvalue weighted by molar-refractivity contribution is -0.119. The van der Waals surface area contributed by atoms with Crippen LogP contribution in [0.1, 0.15) is 31.9 Å². The van der Waals surface area contributed by atoms with Crippen molar-refractivity contribution in [3.63, 3.8) is 0 Å². The Bertz CT molecular complexity index is 654. The van der Waals surface area contributed by atoms with E-state index in [2.05, 4.69) is 20.8 Å². The molecule has 0 unspecified atom stereocenters. The summed E-state index contributed by atoms with van der Waals surface area (Å²) in [4.78, 5) is 12.7. The molecule has 1 aliphatic rings. The first kappa shape index (κ1) is 17.0. The molecule has 1 aliphatic heterocycles. The van der Waals surface area contributed by atoms with Crippen LogP contribution in [0.25, 0.3) is 0 Å². The van der Waals surface area contributed by atoms with Gasteiger partial charge in [-0.25, -0.2) is 8.42 Å². The topological polar surface area (TPSA) is 57.7 Å². The van der Waals surface area contributed by atoms with E-state index in [1.165, 1.54) is 4.31 Å². The molecule has 0 bridgehead atoms. The molecule has 0 atom stereocenters. The number of sulfonamides is 1. The number of rotatable bonds is 3. The molecule has 0 aliphatic carbocycles. The molecule has 1 amide bonds. The smallest absolute Gasteiger partial charge is 0.243 e. The number of carbonyl (C=O) groups is 1. The van der Waals surface area contributed by atoms with Gasteiger partial charge in [-0.2, -0.15) is 4.31 Å². The van der Waals surface area contributed by atoms with Crippen molar-refractivity contribution in [3.05, 3.63) is 29.3 Å². The maximum Gasteiger partial charge on any atom is 0.243 e. The lowest BCUT2D eigenvalue weighted by Gasteiger charge is -2.32. The fourth-order valence-electron chi connectivity index (χ4n) is 2.59. The molecule has 122 valence electrons. The number of aryl methyl sites for hydroxylation is 1.